The molecule has 0 saturated carbocycles. The van der Waals surface area contributed by atoms with Gasteiger partial charge in [-0.2, -0.15) is 0 Å². The quantitative estimate of drug-likeness (QED) is 0.276. The van der Waals surface area contributed by atoms with Gasteiger partial charge >= 0.3 is 6.03 Å². The van der Waals surface area contributed by atoms with Crippen molar-refractivity contribution in [3.63, 3.8) is 0 Å². The maximum Gasteiger partial charge on any atom is 0.335 e. The van der Waals surface area contributed by atoms with Crippen molar-refractivity contribution >= 4 is 57.1 Å². The molecule has 1 fully saturated rings. The van der Waals surface area contributed by atoms with Gasteiger partial charge in [-0.05, 0) is 66.9 Å². The normalized spacial score (nSPS) is 14.7. The van der Waals surface area contributed by atoms with Crippen molar-refractivity contribution in [1.29, 1.82) is 0 Å². The summed E-state index contributed by atoms with van der Waals surface area (Å²) < 4.78 is 12.6. The Morgan fingerprint density at radius 2 is 1.75 bits per heavy atom. The van der Waals surface area contributed by atoms with Crippen LogP contribution in [0.25, 0.3) is 6.08 Å². The average Bonchev–Trinajstić information content (AvgIpc) is 2.83. The summed E-state index contributed by atoms with van der Waals surface area (Å²) in [5.74, 6) is -0.814. The molecule has 1 heterocycles. The smallest absolute Gasteiger partial charge is 0.335 e. The second-order valence-corrected chi connectivity index (χ2v) is 9.25. The Morgan fingerprint density at radius 3 is 2.44 bits per heavy atom. The van der Waals surface area contributed by atoms with Gasteiger partial charge in [0, 0.05) is 4.47 Å². The first-order valence-electron chi connectivity index (χ1n) is 11.1. The van der Waals surface area contributed by atoms with E-state index in [1.807, 2.05) is 31.2 Å². The van der Waals surface area contributed by atoms with Gasteiger partial charge in [0.05, 0.1) is 17.3 Å². The van der Waals surface area contributed by atoms with Crippen molar-refractivity contribution < 1.29 is 23.9 Å². The molecular weight excluding hydrogens is 548 g/mol. The summed E-state index contributed by atoms with van der Waals surface area (Å²) in [6, 6.07) is 17.0. The van der Waals surface area contributed by atoms with Crippen LogP contribution in [0.15, 0.2) is 70.7 Å². The van der Waals surface area contributed by atoms with Gasteiger partial charge in [0.1, 0.15) is 12.2 Å². The number of amides is 4. The van der Waals surface area contributed by atoms with Crippen LogP contribution in [0.5, 0.6) is 11.5 Å². The van der Waals surface area contributed by atoms with Crippen LogP contribution in [0.3, 0.4) is 0 Å². The maximum absolute atomic E-state index is 13.2. The molecule has 1 aliphatic heterocycles. The molecule has 3 aromatic rings. The number of benzene rings is 3. The average molecular weight is 570 g/mol. The summed E-state index contributed by atoms with van der Waals surface area (Å²) in [4.78, 5) is 39.3. The Kier molecular flexibility index (Phi) is 7.76. The lowest BCUT2D eigenvalue weighted by atomic mass is 10.1. The van der Waals surface area contributed by atoms with Crippen LogP contribution in [0.2, 0.25) is 5.02 Å². The molecule has 0 aliphatic carbocycles. The fourth-order valence-electron chi connectivity index (χ4n) is 3.67. The minimum Gasteiger partial charge on any atom is -0.490 e. The van der Waals surface area contributed by atoms with Crippen molar-refractivity contribution in [1.82, 2.24) is 5.32 Å². The molecule has 0 atom stereocenters. The van der Waals surface area contributed by atoms with E-state index in [2.05, 4.69) is 21.2 Å². The lowest BCUT2D eigenvalue weighted by molar-refractivity contribution is -0.122. The molecule has 1 N–H and O–H groups in total. The lowest BCUT2D eigenvalue weighted by Crippen LogP contribution is -2.54. The van der Waals surface area contributed by atoms with Gasteiger partial charge < -0.3 is 9.47 Å². The molecule has 0 unspecified atom stereocenters. The van der Waals surface area contributed by atoms with Crippen LogP contribution >= 0.6 is 27.5 Å². The molecule has 0 radical (unpaired) electrons. The first-order chi connectivity index (χ1) is 17.3. The molecule has 184 valence electrons. The van der Waals surface area contributed by atoms with Crippen LogP contribution in [0.1, 0.15) is 23.6 Å². The summed E-state index contributed by atoms with van der Waals surface area (Å²) in [7, 11) is 0. The molecule has 1 aliphatic rings. The first kappa shape index (κ1) is 25.5. The van der Waals surface area contributed by atoms with E-state index in [1.165, 1.54) is 6.08 Å². The molecule has 0 bridgehead atoms. The van der Waals surface area contributed by atoms with Crippen LogP contribution in [-0.2, 0) is 16.2 Å². The highest BCUT2D eigenvalue weighted by Crippen LogP contribution is 2.38. The summed E-state index contributed by atoms with van der Waals surface area (Å²) in [6.07, 6.45) is 1.38. The molecule has 7 nitrogen and oxygen atoms in total. The number of halogens is 2. The third-order valence-electron chi connectivity index (χ3n) is 5.40. The zero-order chi connectivity index (χ0) is 25.8. The number of hydrogen-bond acceptors (Lipinski definition) is 5. The van der Waals surface area contributed by atoms with E-state index >= 15 is 0 Å². The highest BCUT2D eigenvalue weighted by molar-refractivity contribution is 9.10. The second-order valence-electron chi connectivity index (χ2n) is 7.92. The number of nitrogens with zero attached hydrogens (tertiary/aromatic N) is 1. The number of aryl methyl sites for hydroxylation is 1. The number of barbiturate groups is 1. The predicted octanol–water partition coefficient (Wildman–Crippen LogP) is 6.06. The maximum atomic E-state index is 13.2. The highest BCUT2D eigenvalue weighted by atomic mass is 79.9. The summed E-state index contributed by atoms with van der Waals surface area (Å²) in [6.45, 7) is 4.21. The van der Waals surface area contributed by atoms with E-state index in [0.717, 1.165) is 14.9 Å². The van der Waals surface area contributed by atoms with E-state index in [-0.39, 0.29) is 17.2 Å². The SMILES string of the molecule is CCOc1cc(/C=C2\C(=O)NC(=O)N(c3ccccc3C)C2=O)cc(Cl)c1OCc1ccc(Br)cc1. The van der Waals surface area contributed by atoms with Crippen LogP contribution in [0.4, 0.5) is 10.5 Å². The number of hydrogen-bond donors (Lipinski definition) is 1. The van der Waals surface area contributed by atoms with Crippen molar-refractivity contribution in [2.45, 2.75) is 20.5 Å². The van der Waals surface area contributed by atoms with E-state index < -0.39 is 17.8 Å². The Labute approximate surface area is 221 Å². The fraction of sp³-hybridized carbons (Fsp3) is 0.148. The van der Waals surface area contributed by atoms with E-state index in [4.69, 9.17) is 21.1 Å². The van der Waals surface area contributed by atoms with Gasteiger partial charge in [-0.3, -0.25) is 14.9 Å². The molecule has 4 rings (SSSR count). The summed E-state index contributed by atoms with van der Waals surface area (Å²) >= 11 is 9.93. The Morgan fingerprint density at radius 1 is 1.03 bits per heavy atom. The van der Waals surface area contributed by atoms with Crippen LogP contribution in [-0.4, -0.2) is 24.5 Å². The van der Waals surface area contributed by atoms with Crippen molar-refractivity contribution in [3.05, 3.63) is 92.4 Å². The highest BCUT2D eigenvalue weighted by Gasteiger charge is 2.37. The van der Waals surface area contributed by atoms with Crippen LogP contribution < -0.4 is 19.7 Å². The zero-order valence-electron chi connectivity index (χ0n) is 19.5. The molecule has 4 amide bonds. The lowest BCUT2D eigenvalue weighted by Gasteiger charge is -2.27. The monoisotopic (exact) mass is 568 g/mol. The summed E-state index contributed by atoms with van der Waals surface area (Å²) in [5, 5.41) is 2.48. The minimum atomic E-state index is -0.804. The number of rotatable bonds is 7. The van der Waals surface area contributed by atoms with Crippen molar-refractivity contribution in [2.24, 2.45) is 0 Å². The molecule has 1 saturated heterocycles. The van der Waals surface area contributed by atoms with Crippen molar-refractivity contribution in [3.8, 4) is 11.5 Å². The number of urea groups is 1. The largest absolute Gasteiger partial charge is 0.490 e. The van der Waals surface area contributed by atoms with Gasteiger partial charge in [-0.25, -0.2) is 9.69 Å². The number of carbonyl (C=O) groups excluding carboxylic acids is 3. The van der Waals surface area contributed by atoms with Crippen molar-refractivity contribution in [2.75, 3.05) is 11.5 Å². The fourth-order valence-corrected chi connectivity index (χ4v) is 4.21. The third-order valence-corrected chi connectivity index (χ3v) is 6.21. The third kappa shape index (κ3) is 5.45. The van der Waals surface area contributed by atoms with Gasteiger partial charge in [-0.1, -0.05) is 57.9 Å². The standard InChI is InChI=1S/C27H22BrClN2O5/c1-3-35-23-14-18(13-21(29)24(23)36-15-17-8-10-19(28)11-9-17)12-20-25(32)30-27(34)31(26(20)33)22-7-5-4-6-16(22)2/h4-14H,3,15H2,1-2H3,(H,30,32,34)/b20-12+. The van der Waals surface area contributed by atoms with Crippen LogP contribution in [0, 0.1) is 6.92 Å². The second kappa shape index (κ2) is 11.0. The minimum absolute atomic E-state index is 0.208. The number of para-hydroxylation sites is 1. The molecule has 0 spiro atoms. The van der Waals surface area contributed by atoms with Gasteiger partial charge in [0.2, 0.25) is 0 Å². The number of anilines is 1. The van der Waals surface area contributed by atoms with Gasteiger partial charge in [0.15, 0.2) is 11.5 Å². The molecule has 9 heteroatoms. The zero-order valence-corrected chi connectivity index (χ0v) is 21.9. The van der Waals surface area contributed by atoms with Gasteiger partial charge in [-0.15, -0.1) is 0 Å². The summed E-state index contributed by atoms with van der Waals surface area (Å²) in [5.41, 5.74) is 2.28. The molecule has 0 aromatic heterocycles. The molecule has 36 heavy (non-hydrogen) atoms. The van der Waals surface area contributed by atoms with Gasteiger partial charge in [0.25, 0.3) is 11.8 Å². The van der Waals surface area contributed by atoms with E-state index in [1.54, 1.807) is 43.3 Å². The number of nitrogens with one attached hydrogen (secondary N) is 1. The van der Waals surface area contributed by atoms with E-state index in [9.17, 15) is 14.4 Å². The number of carbonyl (C=O) groups is 3. The Bertz CT molecular complexity index is 1370. The number of imide groups is 2. The predicted molar refractivity (Wildman–Crippen MR) is 141 cm³/mol. The molecule has 3 aromatic carbocycles. The molecular formula is C27H22BrClN2O5. The Balaban J connectivity index is 1.66. The topological polar surface area (TPSA) is 84.9 Å². The Hall–Kier alpha value is -3.62. The number of ether oxygens (including phenoxy) is 2. The van der Waals surface area contributed by atoms with E-state index in [0.29, 0.717) is 34.9 Å². The first-order valence-corrected chi connectivity index (χ1v) is 12.3.